The summed E-state index contributed by atoms with van der Waals surface area (Å²) in [5.41, 5.74) is 12.7. The van der Waals surface area contributed by atoms with E-state index in [-0.39, 0.29) is 5.92 Å². The molecule has 10 rings (SSSR count). The van der Waals surface area contributed by atoms with Gasteiger partial charge in [-0.3, -0.25) is 0 Å². The lowest BCUT2D eigenvalue weighted by molar-refractivity contribution is 0.573. The Labute approximate surface area is 322 Å². The van der Waals surface area contributed by atoms with E-state index in [1.54, 1.807) is 0 Å². The SMILES string of the molecule is CC(c1ccccc1)[C@@H](Cc1ccc(-c2cccc3ccccc23)cc1)c1ccc2ccc3c(c2c1)c1ccccc1n3-c1ccccc1-c1ccccc1. The van der Waals surface area contributed by atoms with Crippen LogP contribution in [0.4, 0.5) is 0 Å². The first-order chi connectivity index (χ1) is 27.2. The molecule has 0 amide bonds. The second kappa shape index (κ2) is 13.9. The summed E-state index contributed by atoms with van der Waals surface area (Å²) in [7, 11) is 0. The van der Waals surface area contributed by atoms with Gasteiger partial charge in [-0.05, 0) is 91.4 Å². The van der Waals surface area contributed by atoms with Crippen LogP contribution < -0.4 is 0 Å². The third kappa shape index (κ3) is 5.90. The standard InChI is InChI=1S/C54H41N/c1-37(39-15-4-2-5-16-39)49(35-38-27-29-42(30-28-38)46-24-14-20-40-19-8-9-21-45(40)46)44-32-31-43-33-34-53-54(50(43)36-44)48-23-11-13-26-52(48)55(53)51-25-12-10-22-47(51)41-17-6-3-7-18-41/h2-34,36-37,49H,35H2,1H3/t37?,49-/m1/s1. The Morgan fingerprint density at radius 1 is 0.418 bits per heavy atom. The fraction of sp³-hybridized carbons (Fsp3) is 0.0741. The Bertz CT molecular complexity index is 2950. The third-order valence-corrected chi connectivity index (χ3v) is 11.8. The number of benzene rings is 9. The molecule has 0 saturated heterocycles. The molecule has 9 aromatic carbocycles. The molecule has 0 fully saturated rings. The van der Waals surface area contributed by atoms with Crippen molar-refractivity contribution in [1.82, 2.24) is 4.57 Å². The lowest BCUT2D eigenvalue weighted by Crippen LogP contribution is -2.12. The molecule has 0 radical (unpaired) electrons. The smallest absolute Gasteiger partial charge is 0.0547 e. The first kappa shape index (κ1) is 32.9. The second-order valence-electron chi connectivity index (χ2n) is 14.9. The summed E-state index contributed by atoms with van der Waals surface area (Å²) in [4.78, 5) is 0. The first-order valence-electron chi connectivity index (χ1n) is 19.4. The average Bonchev–Trinajstić information content (AvgIpc) is 3.60. The minimum absolute atomic E-state index is 0.276. The van der Waals surface area contributed by atoms with Crippen LogP contribution in [-0.2, 0) is 6.42 Å². The average molecular weight is 704 g/mol. The lowest BCUT2D eigenvalue weighted by atomic mass is 9.78. The maximum absolute atomic E-state index is 2.51. The number of para-hydroxylation sites is 2. The summed E-state index contributed by atoms with van der Waals surface area (Å²) in [6, 6.07) is 76.0. The number of nitrogens with zero attached hydrogens (tertiary/aromatic N) is 1. The Kier molecular flexibility index (Phi) is 8.34. The van der Waals surface area contributed by atoms with Crippen molar-refractivity contribution >= 4 is 43.4 Å². The molecular formula is C54H41N. The van der Waals surface area contributed by atoms with Gasteiger partial charge in [0.1, 0.15) is 0 Å². The normalized spacial score (nSPS) is 12.7. The monoisotopic (exact) mass is 703 g/mol. The summed E-state index contributed by atoms with van der Waals surface area (Å²) in [6.07, 6.45) is 0.944. The lowest BCUT2D eigenvalue weighted by Gasteiger charge is -2.26. The molecule has 0 bridgehead atoms. The molecular weight excluding hydrogens is 663 g/mol. The van der Waals surface area contributed by atoms with E-state index in [2.05, 4.69) is 218 Å². The molecule has 1 nitrogen and oxygen atoms in total. The van der Waals surface area contributed by atoms with Crippen molar-refractivity contribution in [1.29, 1.82) is 0 Å². The molecule has 0 aliphatic carbocycles. The van der Waals surface area contributed by atoms with Crippen LogP contribution >= 0.6 is 0 Å². The van der Waals surface area contributed by atoms with E-state index in [0.717, 1.165) is 6.42 Å². The Balaban J connectivity index is 1.11. The van der Waals surface area contributed by atoms with E-state index in [0.29, 0.717) is 5.92 Å². The van der Waals surface area contributed by atoms with Crippen LogP contribution in [0.3, 0.4) is 0 Å². The van der Waals surface area contributed by atoms with E-state index >= 15 is 0 Å². The van der Waals surface area contributed by atoms with Crippen LogP contribution in [0.2, 0.25) is 0 Å². The highest BCUT2D eigenvalue weighted by atomic mass is 15.0. The van der Waals surface area contributed by atoms with Crippen molar-refractivity contribution in [2.24, 2.45) is 0 Å². The summed E-state index contributed by atoms with van der Waals surface area (Å²) >= 11 is 0. The molecule has 10 aromatic rings. The summed E-state index contributed by atoms with van der Waals surface area (Å²) in [6.45, 7) is 2.40. The predicted octanol–water partition coefficient (Wildman–Crippen LogP) is 14.6. The van der Waals surface area contributed by atoms with Crippen LogP contribution in [0.25, 0.3) is 71.3 Å². The number of aromatic nitrogens is 1. The van der Waals surface area contributed by atoms with Crippen LogP contribution in [0, 0.1) is 0 Å². The van der Waals surface area contributed by atoms with Crippen LogP contribution in [-0.4, -0.2) is 4.57 Å². The van der Waals surface area contributed by atoms with Crippen molar-refractivity contribution in [3.05, 3.63) is 223 Å². The van der Waals surface area contributed by atoms with Gasteiger partial charge >= 0.3 is 0 Å². The van der Waals surface area contributed by atoms with Crippen molar-refractivity contribution in [2.45, 2.75) is 25.2 Å². The number of hydrogen-bond acceptors (Lipinski definition) is 0. The van der Waals surface area contributed by atoms with Crippen LogP contribution in [0.15, 0.2) is 206 Å². The Hall–Kier alpha value is -6.70. The molecule has 1 heteroatoms. The van der Waals surface area contributed by atoms with E-state index in [1.165, 1.54) is 88.0 Å². The van der Waals surface area contributed by atoms with Crippen LogP contribution in [0.5, 0.6) is 0 Å². The highest BCUT2D eigenvalue weighted by molar-refractivity contribution is 6.21. The van der Waals surface area contributed by atoms with Gasteiger partial charge in [-0.25, -0.2) is 0 Å². The van der Waals surface area contributed by atoms with Crippen molar-refractivity contribution in [3.8, 4) is 27.9 Å². The molecule has 2 atom stereocenters. The van der Waals surface area contributed by atoms with Crippen LogP contribution in [0.1, 0.15) is 35.4 Å². The minimum Gasteiger partial charge on any atom is -0.309 e. The molecule has 1 aromatic heterocycles. The molecule has 55 heavy (non-hydrogen) atoms. The summed E-state index contributed by atoms with van der Waals surface area (Å²) < 4.78 is 2.47. The molecule has 1 unspecified atom stereocenters. The number of rotatable bonds is 8. The van der Waals surface area contributed by atoms with E-state index < -0.39 is 0 Å². The van der Waals surface area contributed by atoms with Crippen molar-refractivity contribution in [3.63, 3.8) is 0 Å². The molecule has 0 aliphatic rings. The zero-order valence-electron chi connectivity index (χ0n) is 30.9. The van der Waals surface area contributed by atoms with E-state index in [9.17, 15) is 0 Å². The zero-order valence-corrected chi connectivity index (χ0v) is 30.9. The summed E-state index contributed by atoms with van der Waals surface area (Å²) in [5, 5.41) is 7.72. The fourth-order valence-electron chi connectivity index (χ4n) is 8.95. The molecule has 0 aliphatic heterocycles. The maximum atomic E-state index is 2.51. The van der Waals surface area contributed by atoms with Gasteiger partial charge in [-0.15, -0.1) is 0 Å². The number of fused-ring (bicyclic) bond motifs is 6. The number of hydrogen-bond donors (Lipinski definition) is 0. The van der Waals surface area contributed by atoms with Gasteiger partial charge in [0.25, 0.3) is 0 Å². The molecule has 262 valence electrons. The van der Waals surface area contributed by atoms with E-state index in [1.807, 2.05) is 0 Å². The quantitative estimate of drug-likeness (QED) is 0.148. The molecule has 0 saturated carbocycles. The third-order valence-electron chi connectivity index (χ3n) is 11.8. The Morgan fingerprint density at radius 3 is 1.87 bits per heavy atom. The highest BCUT2D eigenvalue weighted by Gasteiger charge is 2.24. The maximum Gasteiger partial charge on any atom is 0.0547 e. The predicted molar refractivity (Wildman–Crippen MR) is 234 cm³/mol. The van der Waals surface area contributed by atoms with E-state index in [4.69, 9.17) is 0 Å². The second-order valence-corrected chi connectivity index (χ2v) is 14.9. The van der Waals surface area contributed by atoms with Gasteiger partial charge in [0.2, 0.25) is 0 Å². The minimum atomic E-state index is 0.276. The fourth-order valence-corrected chi connectivity index (χ4v) is 8.95. The van der Waals surface area contributed by atoms with Gasteiger partial charge in [-0.2, -0.15) is 0 Å². The Morgan fingerprint density at radius 2 is 1.04 bits per heavy atom. The van der Waals surface area contributed by atoms with Gasteiger partial charge in [-0.1, -0.05) is 195 Å². The topological polar surface area (TPSA) is 4.93 Å². The summed E-state index contributed by atoms with van der Waals surface area (Å²) in [5.74, 6) is 0.590. The van der Waals surface area contributed by atoms with Gasteiger partial charge in [0, 0.05) is 16.3 Å². The first-order valence-corrected chi connectivity index (χ1v) is 19.4. The molecule has 1 heterocycles. The highest BCUT2D eigenvalue weighted by Crippen LogP contribution is 2.42. The largest absolute Gasteiger partial charge is 0.309 e. The van der Waals surface area contributed by atoms with Crippen molar-refractivity contribution < 1.29 is 0 Å². The van der Waals surface area contributed by atoms with Crippen molar-refractivity contribution in [2.75, 3.05) is 0 Å². The zero-order chi connectivity index (χ0) is 36.7. The van der Waals surface area contributed by atoms with Gasteiger partial charge in [0.05, 0.1) is 16.7 Å². The van der Waals surface area contributed by atoms with Gasteiger partial charge < -0.3 is 4.57 Å². The molecule has 0 N–H and O–H groups in total. The van der Waals surface area contributed by atoms with Gasteiger partial charge in [0.15, 0.2) is 0 Å². The molecule has 0 spiro atoms.